The van der Waals surface area contributed by atoms with E-state index in [-0.39, 0.29) is 6.29 Å². The molecule has 0 fully saturated rings. The van der Waals surface area contributed by atoms with Gasteiger partial charge in [0.15, 0.2) is 17.3 Å². The number of hydrogen-bond donors (Lipinski definition) is 1. The molecular formula is C10H16ClN3O2. The average molecular weight is 246 g/mol. The van der Waals surface area contributed by atoms with Crippen molar-refractivity contribution >= 4 is 17.4 Å². The lowest BCUT2D eigenvalue weighted by atomic mass is 10.3. The van der Waals surface area contributed by atoms with Crippen molar-refractivity contribution in [3.63, 3.8) is 0 Å². The summed E-state index contributed by atoms with van der Waals surface area (Å²) in [5, 5.41) is 3.38. The predicted molar refractivity (Wildman–Crippen MR) is 62.8 cm³/mol. The molecule has 0 saturated heterocycles. The molecule has 0 amide bonds. The molecule has 16 heavy (non-hydrogen) atoms. The van der Waals surface area contributed by atoms with Crippen molar-refractivity contribution in [1.29, 1.82) is 0 Å². The molecule has 0 radical (unpaired) electrons. The van der Waals surface area contributed by atoms with E-state index in [1.807, 2.05) is 13.8 Å². The molecule has 0 aliphatic rings. The zero-order chi connectivity index (χ0) is 12.1. The van der Waals surface area contributed by atoms with Gasteiger partial charge in [0.05, 0.1) is 17.9 Å². The maximum Gasteiger partial charge on any atom is 0.173 e. The van der Waals surface area contributed by atoms with Gasteiger partial charge in [-0.2, -0.15) is 0 Å². The molecule has 0 spiro atoms. The minimum atomic E-state index is -0.334. The quantitative estimate of drug-likeness (QED) is 0.802. The van der Waals surface area contributed by atoms with Crippen molar-refractivity contribution in [2.45, 2.75) is 20.1 Å². The Morgan fingerprint density at radius 2 is 1.75 bits per heavy atom. The van der Waals surface area contributed by atoms with Crippen LogP contribution < -0.4 is 5.32 Å². The second kappa shape index (κ2) is 5.98. The molecule has 1 N–H and O–H groups in total. The van der Waals surface area contributed by atoms with Gasteiger partial charge in [0.1, 0.15) is 0 Å². The van der Waals surface area contributed by atoms with E-state index < -0.39 is 0 Å². The molecule has 0 bridgehead atoms. The van der Waals surface area contributed by atoms with Crippen molar-refractivity contribution in [1.82, 2.24) is 9.97 Å². The molecule has 0 atom stereocenters. The number of ether oxygens (including phenoxy) is 2. The largest absolute Gasteiger partial charge is 0.362 e. The van der Waals surface area contributed by atoms with Gasteiger partial charge in [-0.25, -0.2) is 9.97 Å². The average Bonchev–Trinajstić information content (AvgIpc) is 2.26. The van der Waals surface area contributed by atoms with Gasteiger partial charge in [0.2, 0.25) is 0 Å². The lowest BCUT2D eigenvalue weighted by Crippen LogP contribution is -2.24. The number of rotatable bonds is 5. The second-order valence-corrected chi connectivity index (χ2v) is 3.67. The van der Waals surface area contributed by atoms with Gasteiger partial charge in [-0.1, -0.05) is 11.6 Å². The summed E-state index contributed by atoms with van der Waals surface area (Å²) in [4.78, 5) is 8.46. The number of aromatic nitrogens is 2. The van der Waals surface area contributed by atoms with Crippen molar-refractivity contribution in [3.05, 3.63) is 16.5 Å². The third-order valence-corrected chi connectivity index (χ3v) is 2.49. The highest BCUT2D eigenvalue weighted by atomic mass is 35.5. The molecule has 90 valence electrons. The first kappa shape index (κ1) is 13.2. The summed E-state index contributed by atoms with van der Waals surface area (Å²) in [5.41, 5.74) is 1.67. The van der Waals surface area contributed by atoms with E-state index in [0.717, 1.165) is 11.4 Å². The Bertz CT molecular complexity index is 356. The van der Waals surface area contributed by atoms with Gasteiger partial charge in [0, 0.05) is 14.2 Å². The summed E-state index contributed by atoms with van der Waals surface area (Å²) < 4.78 is 10.1. The second-order valence-electron chi connectivity index (χ2n) is 3.32. The van der Waals surface area contributed by atoms with Gasteiger partial charge in [-0.05, 0) is 13.8 Å². The molecule has 0 aliphatic heterocycles. The molecule has 1 aromatic rings. The minimum absolute atomic E-state index is 0.334. The van der Waals surface area contributed by atoms with Crippen molar-refractivity contribution in [2.24, 2.45) is 0 Å². The van der Waals surface area contributed by atoms with E-state index in [0.29, 0.717) is 17.5 Å². The van der Waals surface area contributed by atoms with Crippen LogP contribution in [0.5, 0.6) is 0 Å². The summed E-state index contributed by atoms with van der Waals surface area (Å²) >= 11 is 5.95. The predicted octanol–water partition coefficient (Wildman–Crippen LogP) is 1.78. The highest BCUT2D eigenvalue weighted by Crippen LogP contribution is 2.18. The fourth-order valence-corrected chi connectivity index (χ4v) is 1.37. The Morgan fingerprint density at radius 3 is 2.31 bits per heavy atom. The molecule has 1 aromatic heterocycles. The first-order chi connectivity index (χ1) is 7.58. The lowest BCUT2D eigenvalue weighted by Gasteiger charge is -2.15. The topological polar surface area (TPSA) is 56.3 Å². The summed E-state index contributed by atoms with van der Waals surface area (Å²) in [6.45, 7) is 4.21. The van der Waals surface area contributed by atoms with Gasteiger partial charge in [-0.15, -0.1) is 0 Å². The maximum absolute atomic E-state index is 5.95. The van der Waals surface area contributed by atoms with Gasteiger partial charge in [0.25, 0.3) is 0 Å². The van der Waals surface area contributed by atoms with E-state index in [4.69, 9.17) is 21.1 Å². The molecule has 1 heterocycles. The standard InChI is InChI=1S/C10H16ClN3O2/c1-6-7(2)14-10(9(11)13-6)12-5-8(15-3)16-4/h8H,5H2,1-4H3,(H,12,14). The molecular weight excluding hydrogens is 230 g/mol. The van der Waals surface area contributed by atoms with Crippen molar-refractivity contribution in [2.75, 3.05) is 26.1 Å². The van der Waals surface area contributed by atoms with Crippen LogP contribution in [0.2, 0.25) is 5.15 Å². The Labute approximate surface area is 100 Å². The number of methoxy groups -OCH3 is 2. The molecule has 6 heteroatoms. The molecule has 1 rings (SSSR count). The number of halogens is 1. The third kappa shape index (κ3) is 3.30. The van der Waals surface area contributed by atoms with Crippen LogP contribution in [-0.2, 0) is 9.47 Å². The summed E-state index contributed by atoms with van der Waals surface area (Å²) in [5.74, 6) is 0.545. The Balaban J connectivity index is 2.70. The van der Waals surface area contributed by atoms with Crippen LogP contribution in [0.4, 0.5) is 5.82 Å². The van der Waals surface area contributed by atoms with E-state index in [1.165, 1.54) is 0 Å². The fraction of sp³-hybridized carbons (Fsp3) is 0.600. The van der Waals surface area contributed by atoms with Crippen LogP contribution in [0, 0.1) is 13.8 Å². The smallest absolute Gasteiger partial charge is 0.173 e. The van der Waals surface area contributed by atoms with Crippen LogP contribution >= 0.6 is 11.6 Å². The molecule has 0 saturated carbocycles. The SMILES string of the molecule is COC(CNc1nc(C)c(C)nc1Cl)OC. The van der Waals surface area contributed by atoms with Gasteiger partial charge >= 0.3 is 0 Å². The molecule has 5 nitrogen and oxygen atoms in total. The Kier molecular flexibility index (Phi) is 4.92. The highest BCUT2D eigenvalue weighted by Gasteiger charge is 2.09. The fourth-order valence-electron chi connectivity index (χ4n) is 1.13. The van der Waals surface area contributed by atoms with Crippen molar-refractivity contribution < 1.29 is 9.47 Å². The summed E-state index contributed by atoms with van der Waals surface area (Å²) in [6, 6.07) is 0. The van der Waals surface area contributed by atoms with E-state index in [9.17, 15) is 0 Å². The first-order valence-corrected chi connectivity index (χ1v) is 5.26. The monoisotopic (exact) mass is 245 g/mol. The van der Waals surface area contributed by atoms with E-state index in [1.54, 1.807) is 14.2 Å². The normalized spacial score (nSPS) is 10.9. The maximum atomic E-state index is 5.95. The number of hydrogen-bond acceptors (Lipinski definition) is 5. The van der Waals surface area contributed by atoms with E-state index >= 15 is 0 Å². The number of aryl methyl sites for hydroxylation is 2. The minimum Gasteiger partial charge on any atom is -0.362 e. The Morgan fingerprint density at radius 1 is 1.19 bits per heavy atom. The van der Waals surface area contributed by atoms with Crippen molar-refractivity contribution in [3.8, 4) is 0 Å². The number of nitrogens with one attached hydrogen (secondary N) is 1. The lowest BCUT2D eigenvalue weighted by molar-refractivity contribution is -0.0914. The first-order valence-electron chi connectivity index (χ1n) is 4.88. The van der Waals surface area contributed by atoms with Crippen LogP contribution in [0.25, 0.3) is 0 Å². The summed E-state index contributed by atoms with van der Waals surface area (Å²) in [6.07, 6.45) is -0.334. The highest BCUT2D eigenvalue weighted by molar-refractivity contribution is 6.31. The van der Waals surface area contributed by atoms with Crippen LogP contribution in [0.1, 0.15) is 11.4 Å². The number of anilines is 1. The number of nitrogens with zero attached hydrogens (tertiary/aromatic N) is 2. The van der Waals surface area contributed by atoms with Gasteiger partial charge < -0.3 is 14.8 Å². The Hall–Kier alpha value is -0.910. The summed E-state index contributed by atoms with van der Waals surface area (Å²) in [7, 11) is 3.15. The molecule has 0 unspecified atom stereocenters. The zero-order valence-corrected chi connectivity index (χ0v) is 10.6. The van der Waals surface area contributed by atoms with Crippen LogP contribution in [0.3, 0.4) is 0 Å². The molecule has 0 aliphatic carbocycles. The van der Waals surface area contributed by atoms with Gasteiger partial charge in [-0.3, -0.25) is 0 Å². The third-order valence-electron chi connectivity index (χ3n) is 2.23. The molecule has 0 aromatic carbocycles. The van der Waals surface area contributed by atoms with Crippen LogP contribution in [-0.4, -0.2) is 37.0 Å². The zero-order valence-electron chi connectivity index (χ0n) is 9.87. The van der Waals surface area contributed by atoms with Crippen LogP contribution in [0.15, 0.2) is 0 Å². The van der Waals surface area contributed by atoms with E-state index in [2.05, 4.69) is 15.3 Å².